The average Bonchev–Trinajstić information content (AvgIpc) is 2.83. The second kappa shape index (κ2) is 10.1. The monoisotopic (exact) mass is 468 g/mol. The van der Waals surface area contributed by atoms with E-state index in [4.69, 9.17) is 26.8 Å². The van der Waals surface area contributed by atoms with Crippen molar-refractivity contribution in [2.24, 2.45) is 5.73 Å². The molecule has 33 heavy (non-hydrogen) atoms. The third-order valence-corrected chi connectivity index (χ3v) is 5.89. The molecule has 8 nitrogen and oxygen atoms in total. The topological polar surface area (TPSA) is 98.0 Å². The number of methoxy groups -OCH3 is 1. The van der Waals surface area contributed by atoms with Crippen LogP contribution < -0.4 is 15.2 Å². The number of benzene rings is 2. The zero-order valence-corrected chi connectivity index (χ0v) is 19.0. The summed E-state index contributed by atoms with van der Waals surface area (Å²) in [7, 11) is 1.44. The number of amides is 2. The van der Waals surface area contributed by atoms with Crippen LogP contribution in [0.3, 0.4) is 0 Å². The molecule has 2 heterocycles. The summed E-state index contributed by atoms with van der Waals surface area (Å²) < 4.78 is 10.6. The molecule has 2 N–H and O–H groups in total. The summed E-state index contributed by atoms with van der Waals surface area (Å²) in [5.74, 6) is -0.314. The number of pyridine rings is 1. The number of primary amides is 1. The van der Waals surface area contributed by atoms with Gasteiger partial charge in [-0.05, 0) is 23.8 Å². The maximum Gasteiger partial charge on any atom is 0.255 e. The van der Waals surface area contributed by atoms with Gasteiger partial charge in [-0.2, -0.15) is 0 Å². The number of nitrogens with zero attached hydrogens (tertiary/aromatic N) is 3. The third kappa shape index (κ3) is 5.18. The fraction of sp³-hybridized carbons (Fsp3) is 0.292. The number of carbonyl (C=O) groups is 2. The summed E-state index contributed by atoms with van der Waals surface area (Å²) in [4.78, 5) is 32.8. The molecule has 0 saturated carbocycles. The summed E-state index contributed by atoms with van der Waals surface area (Å²) in [5, 5.41) is 1.30. The molecule has 0 radical (unpaired) electrons. The molecule has 9 heteroatoms. The van der Waals surface area contributed by atoms with Gasteiger partial charge in [0.25, 0.3) is 11.8 Å². The van der Waals surface area contributed by atoms with Crippen molar-refractivity contribution in [1.29, 1.82) is 0 Å². The van der Waals surface area contributed by atoms with Gasteiger partial charge in [0, 0.05) is 49.9 Å². The zero-order chi connectivity index (χ0) is 23.4. The predicted octanol–water partition coefficient (Wildman–Crippen LogP) is 2.72. The number of para-hydroxylation sites is 1. The van der Waals surface area contributed by atoms with Crippen molar-refractivity contribution < 1.29 is 19.1 Å². The van der Waals surface area contributed by atoms with E-state index in [9.17, 15) is 9.59 Å². The van der Waals surface area contributed by atoms with Gasteiger partial charge >= 0.3 is 0 Å². The first-order valence-corrected chi connectivity index (χ1v) is 11.0. The number of aromatic nitrogens is 1. The van der Waals surface area contributed by atoms with Crippen molar-refractivity contribution in [3.63, 3.8) is 0 Å². The first kappa shape index (κ1) is 22.8. The van der Waals surface area contributed by atoms with E-state index in [0.717, 1.165) is 30.5 Å². The van der Waals surface area contributed by atoms with Gasteiger partial charge in [0.15, 0.2) is 18.1 Å². The smallest absolute Gasteiger partial charge is 0.255 e. The standard InChI is InChI=1S/C24H25ClN4O4/c1-32-20-13-18(12-19(25)23(20)33-15-21(26)30)24(31)29-10-8-28(9-11-29)14-17-5-2-4-16-6-3-7-27-22(16)17/h2-7,12-13H,8-11,14-15H2,1H3,(H2,26,30). The molecule has 0 aliphatic carbocycles. The fourth-order valence-corrected chi connectivity index (χ4v) is 4.22. The first-order valence-electron chi connectivity index (χ1n) is 10.6. The number of hydrogen-bond acceptors (Lipinski definition) is 6. The molecule has 1 aliphatic heterocycles. The lowest BCUT2D eigenvalue weighted by Crippen LogP contribution is -2.48. The highest BCUT2D eigenvalue weighted by Crippen LogP contribution is 2.36. The van der Waals surface area contributed by atoms with Crippen molar-refractivity contribution in [3.05, 3.63) is 64.8 Å². The number of ether oxygens (including phenoxy) is 2. The van der Waals surface area contributed by atoms with Crippen molar-refractivity contribution in [2.45, 2.75) is 6.54 Å². The van der Waals surface area contributed by atoms with Crippen molar-refractivity contribution >= 4 is 34.3 Å². The zero-order valence-electron chi connectivity index (χ0n) is 18.3. The Bertz CT molecular complexity index is 1170. The maximum atomic E-state index is 13.1. The van der Waals surface area contributed by atoms with Crippen molar-refractivity contribution in [3.8, 4) is 11.5 Å². The summed E-state index contributed by atoms with van der Waals surface area (Å²) in [6.07, 6.45) is 1.81. The van der Waals surface area contributed by atoms with Gasteiger partial charge in [-0.15, -0.1) is 0 Å². The second-order valence-electron chi connectivity index (χ2n) is 7.81. The summed E-state index contributed by atoms with van der Waals surface area (Å²) in [6.45, 7) is 3.13. The van der Waals surface area contributed by atoms with Crippen LogP contribution in [-0.2, 0) is 11.3 Å². The maximum absolute atomic E-state index is 13.1. The Balaban J connectivity index is 1.42. The molecule has 1 fully saturated rings. The minimum Gasteiger partial charge on any atom is -0.493 e. The van der Waals surface area contributed by atoms with E-state index in [1.165, 1.54) is 18.7 Å². The van der Waals surface area contributed by atoms with Crippen molar-refractivity contribution in [2.75, 3.05) is 39.9 Å². The number of piperazine rings is 1. The van der Waals surface area contributed by atoms with Gasteiger partial charge in [0.1, 0.15) is 0 Å². The van der Waals surface area contributed by atoms with Crippen LogP contribution in [0, 0.1) is 0 Å². The van der Waals surface area contributed by atoms with Crippen LogP contribution in [0.4, 0.5) is 0 Å². The molecule has 1 aromatic heterocycles. The normalized spacial score (nSPS) is 14.3. The van der Waals surface area contributed by atoms with Crippen LogP contribution in [0.5, 0.6) is 11.5 Å². The number of hydrogen-bond donors (Lipinski definition) is 1. The van der Waals surface area contributed by atoms with E-state index >= 15 is 0 Å². The Kier molecular flexibility index (Phi) is 6.96. The molecule has 0 atom stereocenters. The Morgan fingerprint density at radius 2 is 1.88 bits per heavy atom. The molecule has 0 unspecified atom stereocenters. The van der Waals surface area contributed by atoms with Crippen LogP contribution in [0.25, 0.3) is 10.9 Å². The van der Waals surface area contributed by atoms with Gasteiger partial charge in [-0.3, -0.25) is 19.5 Å². The van der Waals surface area contributed by atoms with Crippen LogP contribution >= 0.6 is 11.6 Å². The summed E-state index contributed by atoms with van der Waals surface area (Å²) in [5.41, 5.74) is 7.72. The predicted molar refractivity (Wildman–Crippen MR) is 126 cm³/mol. The van der Waals surface area contributed by atoms with Crippen LogP contribution in [0.1, 0.15) is 15.9 Å². The SMILES string of the molecule is COc1cc(C(=O)N2CCN(Cc3cccc4cccnc34)CC2)cc(Cl)c1OCC(N)=O. The highest BCUT2D eigenvalue weighted by molar-refractivity contribution is 6.32. The molecule has 0 bridgehead atoms. The molecule has 172 valence electrons. The third-order valence-electron chi connectivity index (χ3n) is 5.60. The van der Waals surface area contributed by atoms with Gasteiger partial charge in [0.05, 0.1) is 17.6 Å². The molecule has 2 amide bonds. The highest BCUT2D eigenvalue weighted by atomic mass is 35.5. The Labute approximate surface area is 196 Å². The number of rotatable bonds is 7. The Hall–Kier alpha value is -3.36. The number of halogens is 1. The van der Waals surface area contributed by atoms with E-state index in [1.54, 1.807) is 11.0 Å². The van der Waals surface area contributed by atoms with E-state index in [2.05, 4.69) is 28.1 Å². The number of fused-ring (bicyclic) bond motifs is 1. The molecule has 0 spiro atoms. The highest BCUT2D eigenvalue weighted by Gasteiger charge is 2.25. The Morgan fingerprint density at radius 3 is 2.61 bits per heavy atom. The second-order valence-corrected chi connectivity index (χ2v) is 8.21. The van der Waals surface area contributed by atoms with Crippen LogP contribution in [0.15, 0.2) is 48.7 Å². The van der Waals surface area contributed by atoms with Gasteiger partial charge in [0.2, 0.25) is 0 Å². The van der Waals surface area contributed by atoms with E-state index in [1.807, 2.05) is 18.3 Å². The molecule has 1 saturated heterocycles. The van der Waals surface area contributed by atoms with E-state index < -0.39 is 5.91 Å². The van der Waals surface area contributed by atoms with Gasteiger partial charge in [-0.1, -0.05) is 35.9 Å². The van der Waals surface area contributed by atoms with Gasteiger partial charge in [-0.25, -0.2) is 0 Å². The van der Waals surface area contributed by atoms with Crippen molar-refractivity contribution in [1.82, 2.24) is 14.8 Å². The molecule has 2 aromatic carbocycles. The van der Waals surface area contributed by atoms with E-state index in [0.29, 0.717) is 18.7 Å². The molecule has 3 aromatic rings. The van der Waals surface area contributed by atoms with Gasteiger partial charge < -0.3 is 20.1 Å². The lowest BCUT2D eigenvalue weighted by Gasteiger charge is -2.35. The first-order chi connectivity index (χ1) is 16.0. The molecule has 4 rings (SSSR count). The fourth-order valence-electron chi connectivity index (χ4n) is 3.95. The molecular formula is C24H25ClN4O4. The number of nitrogens with two attached hydrogens (primary N) is 1. The largest absolute Gasteiger partial charge is 0.493 e. The lowest BCUT2D eigenvalue weighted by molar-refractivity contribution is -0.119. The van der Waals surface area contributed by atoms with Crippen LogP contribution in [-0.4, -0.2) is 66.5 Å². The number of carbonyl (C=O) groups excluding carboxylic acids is 2. The van der Waals surface area contributed by atoms with E-state index in [-0.39, 0.29) is 29.0 Å². The Morgan fingerprint density at radius 1 is 1.12 bits per heavy atom. The molecule has 1 aliphatic rings. The average molecular weight is 469 g/mol. The minimum atomic E-state index is -0.634. The van der Waals surface area contributed by atoms with Crippen LogP contribution in [0.2, 0.25) is 5.02 Å². The summed E-state index contributed by atoms with van der Waals surface area (Å²) >= 11 is 6.30. The summed E-state index contributed by atoms with van der Waals surface area (Å²) in [6, 6.07) is 13.3. The minimum absolute atomic E-state index is 0.136. The molecular weight excluding hydrogens is 444 g/mol. The quantitative estimate of drug-likeness (QED) is 0.572. The lowest BCUT2D eigenvalue weighted by atomic mass is 10.1.